The molecule has 0 fully saturated rings. The lowest BCUT2D eigenvalue weighted by molar-refractivity contribution is -0.384. The number of furan rings is 1. The number of esters is 1. The van der Waals surface area contributed by atoms with Crippen LogP contribution in [0.1, 0.15) is 44.1 Å². The fraction of sp³-hybridized carbons (Fsp3) is 0.258. The van der Waals surface area contributed by atoms with E-state index in [1.807, 2.05) is 6.92 Å². The number of aromatic nitrogens is 1. The zero-order valence-corrected chi connectivity index (χ0v) is 25.9. The van der Waals surface area contributed by atoms with E-state index in [1.54, 1.807) is 49.4 Å². The molecule has 228 valence electrons. The first-order chi connectivity index (χ1) is 21.2. The van der Waals surface area contributed by atoms with Gasteiger partial charge in [0.05, 0.1) is 41.6 Å². The Morgan fingerprint density at radius 2 is 1.95 bits per heavy atom. The fourth-order valence-corrected chi connectivity index (χ4v) is 6.18. The fourth-order valence-electron chi connectivity index (χ4n) is 4.99. The number of methoxy groups -OCH3 is 2. The number of carbonyl (C=O) groups excluding carboxylic acids is 1. The molecule has 0 radical (unpaired) electrons. The van der Waals surface area contributed by atoms with Crippen LogP contribution in [-0.2, 0) is 9.53 Å². The maximum atomic E-state index is 14.1. The molecule has 44 heavy (non-hydrogen) atoms. The molecule has 0 amide bonds. The van der Waals surface area contributed by atoms with Gasteiger partial charge in [-0.05, 0) is 55.8 Å². The molecule has 0 saturated heterocycles. The second-order valence-corrected chi connectivity index (χ2v) is 11.1. The molecule has 13 heteroatoms. The smallest absolute Gasteiger partial charge is 0.338 e. The van der Waals surface area contributed by atoms with E-state index in [1.165, 1.54) is 30.9 Å². The van der Waals surface area contributed by atoms with Crippen molar-refractivity contribution in [2.45, 2.75) is 32.7 Å². The number of fused-ring (bicyclic) bond motifs is 1. The number of nitrogens with zero attached hydrogens (tertiary/aromatic N) is 3. The van der Waals surface area contributed by atoms with Gasteiger partial charge in [-0.2, -0.15) is 0 Å². The minimum absolute atomic E-state index is 0.0125. The highest BCUT2D eigenvalue weighted by atomic mass is 35.5. The standard InChI is InChI=1S/C31H28ClN3O8S/c1-5-7-22-27(30(37)42-6-2)28(20-15-18(40-3)9-13-25(20)41-4)34-29(36)26(44-31(34)33-22)16-19-10-12-24(43-19)17-8-11-21(32)23(14-17)35(38)39/h8-16,28H,5-7H2,1-4H3/b26-16-/t28-/m1/s1. The zero-order valence-electron chi connectivity index (χ0n) is 24.3. The third kappa shape index (κ3) is 5.78. The van der Waals surface area contributed by atoms with Crippen molar-refractivity contribution in [3.63, 3.8) is 0 Å². The van der Waals surface area contributed by atoms with Crippen LogP contribution in [-0.4, -0.2) is 36.3 Å². The molecule has 0 bridgehead atoms. The molecule has 4 aromatic rings. The van der Waals surface area contributed by atoms with E-state index in [9.17, 15) is 19.7 Å². The van der Waals surface area contributed by atoms with Crippen LogP contribution in [0.25, 0.3) is 17.4 Å². The van der Waals surface area contributed by atoms with Crippen LogP contribution in [0, 0.1) is 10.1 Å². The average Bonchev–Trinajstić information content (AvgIpc) is 3.60. The quantitative estimate of drug-likeness (QED) is 0.128. The Bertz CT molecular complexity index is 1970. The molecule has 5 rings (SSSR count). The zero-order chi connectivity index (χ0) is 31.5. The van der Waals surface area contributed by atoms with Crippen LogP contribution >= 0.6 is 22.9 Å². The molecule has 0 N–H and O–H groups in total. The van der Waals surface area contributed by atoms with Gasteiger partial charge in [0.1, 0.15) is 34.1 Å². The molecule has 1 aliphatic rings. The first-order valence-electron chi connectivity index (χ1n) is 13.7. The Morgan fingerprint density at radius 3 is 2.64 bits per heavy atom. The topological polar surface area (TPSA) is 135 Å². The summed E-state index contributed by atoms with van der Waals surface area (Å²) < 4.78 is 24.3. The van der Waals surface area contributed by atoms with Crippen LogP contribution in [0.3, 0.4) is 0 Å². The summed E-state index contributed by atoms with van der Waals surface area (Å²) in [5.74, 6) is 1.11. The number of thiazole rings is 1. The summed E-state index contributed by atoms with van der Waals surface area (Å²) >= 11 is 7.11. The number of ether oxygens (including phenoxy) is 3. The van der Waals surface area contributed by atoms with Crippen molar-refractivity contribution in [3.8, 4) is 22.8 Å². The number of hydrogen-bond acceptors (Lipinski definition) is 10. The minimum Gasteiger partial charge on any atom is -0.497 e. The number of rotatable bonds is 10. The normalized spacial score (nSPS) is 14.7. The van der Waals surface area contributed by atoms with Crippen molar-refractivity contribution in [2.75, 3.05) is 20.8 Å². The van der Waals surface area contributed by atoms with E-state index in [0.29, 0.717) is 62.0 Å². The van der Waals surface area contributed by atoms with Gasteiger partial charge in [-0.15, -0.1) is 0 Å². The third-order valence-corrected chi connectivity index (χ3v) is 8.25. The molecule has 1 atom stereocenters. The predicted octanol–water partition coefficient (Wildman–Crippen LogP) is 5.42. The van der Waals surface area contributed by atoms with Gasteiger partial charge in [-0.25, -0.2) is 9.79 Å². The van der Waals surface area contributed by atoms with Gasteiger partial charge in [0, 0.05) is 23.3 Å². The van der Waals surface area contributed by atoms with Gasteiger partial charge < -0.3 is 18.6 Å². The van der Waals surface area contributed by atoms with E-state index >= 15 is 0 Å². The average molecular weight is 638 g/mol. The first-order valence-corrected chi connectivity index (χ1v) is 14.9. The maximum absolute atomic E-state index is 14.1. The monoisotopic (exact) mass is 637 g/mol. The Hall–Kier alpha value is -4.68. The Morgan fingerprint density at radius 1 is 1.16 bits per heavy atom. The van der Waals surface area contributed by atoms with Gasteiger partial charge in [-0.1, -0.05) is 36.3 Å². The van der Waals surface area contributed by atoms with Crippen LogP contribution in [0.2, 0.25) is 5.02 Å². The summed E-state index contributed by atoms with van der Waals surface area (Å²) in [6.45, 7) is 3.84. The molecule has 11 nitrogen and oxygen atoms in total. The van der Waals surface area contributed by atoms with Crippen molar-refractivity contribution >= 4 is 40.7 Å². The number of nitro groups is 1. The van der Waals surface area contributed by atoms with E-state index in [0.717, 1.165) is 11.3 Å². The summed E-state index contributed by atoms with van der Waals surface area (Å²) in [5, 5.41) is 11.4. The lowest BCUT2D eigenvalue weighted by atomic mass is 9.93. The van der Waals surface area contributed by atoms with Crippen molar-refractivity contribution in [2.24, 2.45) is 4.99 Å². The molecule has 3 heterocycles. The lowest BCUT2D eigenvalue weighted by Crippen LogP contribution is -2.40. The van der Waals surface area contributed by atoms with Crippen molar-refractivity contribution in [1.82, 2.24) is 4.57 Å². The molecule has 0 saturated carbocycles. The number of nitro benzene ring substituents is 1. The number of hydrogen-bond donors (Lipinski definition) is 0. The summed E-state index contributed by atoms with van der Waals surface area (Å²) in [4.78, 5) is 43.5. The van der Waals surface area contributed by atoms with Crippen molar-refractivity contribution < 1.29 is 28.3 Å². The third-order valence-electron chi connectivity index (χ3n) is 6.95. The lowest BCUT2D eigenvalue weighted by Gasteiger charge is -2.27. The molecule has 2 aromatic heterocycles. The van der Waals surface area contributed by atoms with Crippen molar-refractivity contribution in [1.29, 1.82) is 0 Å². The van der Waals surface area contributed by atoms with Crippen LogP contribution in [0.4, 0.5) is 5.69 Å². The maximum Gasteiger partial charge on any atom is 0.338 e. The van der Waals surface area contributed by atoms with Gasteiger partial charge in [-0.3, -0.25) is 19.5 Å². The van der Waals surface area contributed by atoms with Crippen molar-refractivity contribution in [3.05, 3.63) is 106 Å². The number of carbonyl (C=O) groups is 1. The van der Waals surface area contributed by atoms with Crippen LogP contribution in [0.5, 0.6) is 11.5 Å². The van der Waals surface area contributed by atoms with Gasteiger partial charge in [0.2, 0.25) is 0 Å². The Balaban J connectivity index is 1.70. The van der Waals surface area contributed by atoms with Gasteiger partial charge >= 0.3 is 5.97 Å². The second kappa shape index (κ2) is 12.9. The number of allylic oxidation sites excluding steroid dienone is 1. The highest BCUT2D eigenvalue weighted by Gasteiger charge is 2.36. The van der Waals surface area contributed by atoms with E-state index < -0.39 is 22.5 Å². The summed E-state index contributed by atoms with van der Waals surface area (Å²) in [5.41, 5.74) is 1.12. The second-order valence-electron chi connectivity index (χ2n) is 9.65. The van der Waals surface area contributed by atoms with E-state index in [4.69, 9.17) is 35.2 Å². The summed E-state index contributed by atoms with van der Waals surface area (Å²) in [6.07, 6.45) is 2.76. The van der Waals surface area contributed by atoms with E-state index in [2.05, 4.69) is 0 Å². The molecule has 0 unspecified atom stereocenters. The molecule has 1 aliphatic heterocycles. The van der Waals surface area contributed by atoms with Crippen LogP contribution in [0.15, 0.2) is 74.0 Å². The SMILES string of the molecule is CCCC1=C(C(=O)OCC)[C@@H](c2cc(OC)ccc2OC)n2c(s/c(=C\c3ccc(-c4ccc(Cl)c([N+](=O)[O-])c4)o3)c2=O)=N1. The summed E-state index contributed by atoms with van der Waals surface area (Å²) in [7, 11) is 3.04. The molecular weight excluding hydrogens is 610 g/mol. The van der Waals surface area contributed by atoms with Gasteiger partial charge in [0.25, 0.3) is 11.2 Å². The highest BCUT2D eigenvalue weighted by Crippen LogP contribution is 2.39. The number of benzene rings is 2. The highest BCUT2D eigenvalue weighted by molar-refractivity contribution is 7.07. The largest absolute Gasteiger partial charge is 0.497 e. The first kappa shape index (κ1) is 30.8. The number of halogens is 1. The van der Waals surface area contributed by atoms with E-state index in [-0.39, 0.29) is 22.9 Å². The Labute approximate surface area is 260 Å². The van der Waals surface area contributed by atoms with Gasteiger partial charge in [0.15, 0.2) is 4.80 Å². The van der Waals surface area contributed by atoms with Crippen LogP contribution < -0.4 is 24.4 Å². The Kier molecular flexibility index (Phi) is 9.02. The molecule has 0 spiro atoms. The summed E-state index contributed by atoms with van der Waals surface area (Å²) in [6, 6.07) is 12.0. The minimum atomic E-state index is -0.902. The molecular formula is C31H28ClN3O8S. The molecule has 0 aliphatic carbocycles. The predicted molar refractivity (Wildman–Crippen MR) is 165 cm³/mol. The molecule has 2 aromatic carbocycles.